The van der Waals surface area contributed by atoms with Crippen LogP contribution in [0.1, 0.15) is 21.6 Å². The zero-order valence-corrected chi connectivity index (χ0v) is 18.6. The van der Waals surface area contributed by atoms with Crippen molar-refractivity contribution in [2.24, 2.45) is 0 Å². The van der Waals surface area contributed by atoms with Crippen LogP contribution in [0.15, 0.2) is 91.0 Å². The average molecular weight is 489 g/mol. The molecule has 5 aromatic rings. The number of hydrogen-bond acceptors (Lipinski definition) is 4. The fourth-order valence-corrected chi connectivity index (χ4v) is 3.75. The summed E-state index contributed by atoms with van der Waals surface area (Å²) < 4.78 is 46.3. The summed E-state index contributed by atoms with van der Waals surface area (Å²) in [6, 6.07) is 24.4. The minimum Gasteiger partial charge on any atom is -0.489 e. The van der Waals surface area contributed by atoms with E-state index in [4.69, 9.17) is 4.74 Å². The number of ether oxygens (including phenoxy) is 1. The molecule has 0 radical (unpaired) electrons. The van der Waals surface area contributed by atoms with Crippen LogP contribution in [0.2, 0.25) is 0 Å². The van der Waals surface area contributed by atoms with Crippen molar-refractivity contribution >= 4 is 11.6 Å². The van der Waals surface area contributed by atoms with Crippen LogP contribution in [0.5, 0.6) is 5.75 Å². The van der Waals surface area contributed by atoms with Gasteiger partial charge in [0, 0.05) is 17.2 Å². The highest BCUT2D eigenvalue weighted by molar-refractivity contribution is 5.87. The van der Waals surface area contributed by atoms with Crippen LogP contribution in [-0.2, 0) is 12.8 Å². The van der Waals surface area contributed by atoms with Gasteiger partial charge >= 0.3 is 12.1 Å². The van der Waals surface area contributed by atoms with Gasteiger partial charge < -0.3 is 9.84 Å². The van der Waals surface area contributed by atoms with Gasteiger partial charge in [0.25, 0.3) is 0 Å². The van der Waals surface area contributed by atoms with E-state index in [9.17, 15) is 23.1 Å². The summed E-state index contributed by atoms with van der Waals surface area (Å²) in [7, 11) is 0. The number of nitrogens with zero attached hydrogens (tertiary/aromatic N) is 3. The molecule has 0 fully saturated rings. The molecule has 0 saturated carbocycles. The number of rotatable bonds is 6. The number of aromatic carboxylic acids is 1. The summed E-state index contributed by atoms with van der Waals surface area (Å²) in [6.45, 7) is 0.359. The van der Waals surface area contributed by atoms with Gasteiger partial charge in [-0.2, -0.15) is 18.3 Å². The second kappa shape index (κ2) is 9.18. The molecule has 0 aliphatic heterocycles. The van der Waals surface area contributed by atoms with Crippen molar-refractivity contribution in [3.8, 4) is 28.3 Å². The number of carboxylic acids is 1. The summed E-state index contributed by atoms with van der Waals surface area (Å²) in [5, 5.41) is 13.6. The van der Waals surface area contributed by atoms with Crippen molar-refractivity contribution in [2.75, 3.05) is 0 Å². The molecule has 0 unspecified atom stereocenters. The Morgan fingerprint density at radius 1 is 0.889 bits per heavy atom. The number of hydrogen-bond donors (Lipinski definition) is 1. The molecule has 6 nitrogen and oxygen atoms in total. The fraction of sp³-hybridized carbons (Fsp3) is 0.0741. The number of carboxylic acid groups (broad SMARTS) is 1. The third kappa shape index (κ3) is 4.76. The lowest BCUT2D eigenvalue weighted by Crippen LogP contribution is -2.04. The highest BCUT2D eigenvalue weighted by Gasteiger charge is 2.30. The number of alkyl halides is 3. The summed E-state index contributed by atoms with van der Waals surface area (Å²) in [6.07, 6.45) is -4.46. The molecule has 2 heterocycles. The number of fused-ring (bicyclic) bond motifs is 1. The predicted molar refractivity (Wildman–Crippen MR) is 127 cm³/mol. The molecule has 36 heavy (non-hydrogen) atoms. The van der Waals surface area contributed by atoms with Gasteiger partial charge in [0.05, 0.1) is 17.0 Å². The largest absolute Gasteiger partial charge is 0.489 e. The smallest absolute Gasteiger partial charge is 0.416 e. The highest BCUT2D eigenvalue weighted by Crippen LogP contribution is 2.32. The highest BCUT2D eigenvalue weighted by atomic mass is 19.4. The van der Waals surface area contributed by atoms with E-state index in [1.165, 1.54) is 22.7 Å². The molecule has 0 aliphatic rings. The summed E-state index contributed by atoms with van der Waals surface area (Å²) in [4.78, 5) is 16.0. The Morgan fingerprint density at radius 3 is 2.33 bits per heavy atom. The number of benzene rings is 3. The van der Waals surface area contributed by atoms with Gasteiger partial charge in [-0.05, 0) is 35.9 Å². The number of aromatic nitrogens is 3. The van der Waals surface area contributed by atoms with E-state index in [1.807, 2.05) is 36.4 Å². The van der Waals surface area contributed by atoms with Crippen molar-refractivity contribution in [1.29, 1.82) is 0 Å². The van der Waals surface area contributed by atoms with Crippen LogP contribution >= 0.6 is 0 Å². The maximum atomic E-state index is 13.0. The minimum absolute atomic E-state index is 0.204. The van der Waals surface area contributed by atoms with Gasteiger partial charge in [-0.25, -0.2) is 14.3 Å². The molecule has 0 aliphatic carbocycles. The molecule has 0 bridgehead atoms. The third-order valence-electron chi connectivity index (χ3n) is 5.53. The van der Waals surface area contributed by atoms with Gasteiger partial charge in [0.15, 0.2) is 11.3 Å². The normalized spacial score (nSPS) is 11.5. The van der Waals surface area contributed by atoms with Crippen LogP contribution in [0, 0.1) is 0 Å². The lowest BCUT2D eigenvalue weighted by molar-refractivity contribution is -0.137. The first-order valence-electron chi connectivity index (χ1n) is 10.9. The van der Waals surface area contributed by atoms with Crippen molar-refractivity contribution in [2.45, 2.75) is 12.8 Å². The van der Waals surface area contributed by atoms with Crippen molar-refractivity contribution in [3.63, 3.8) is 0 Å². The van der Waals surface area contributed by atoms with Crippen LogP contribution in [-0.4, -0.2) is 25.7 Å². The van der Waals surface area contributed by atoms with E-state index in [0.717, 1.165) is 17.7 Å². The zero-order valence-electron chi connectivity index (χ0n) is 18.6. The molecule has 1 N–H and O–H groups in total. The topological polar surface area (TPSA) is 76.7 Å². The maximum Gasteiger partial charge on any atom is 0.416 e. The zero-order chi connectivity index (χ0) is 25.3. The van der Waals surface area contributed by atoms with Gasteiger partial charge in [0.2, 0.25) is 0 Å². The van der Waals surface area contributed by atoms with Crippen molar-refractivity contribution < 1.29 is 27.8 Å². The van der Waals surface area contributed by atoms with E-state index in [2.05, 4.69) is 10.1 Å². The Bertz CT molecular complexity index is 1550. The molecule has 0 amide bonds. The third-order valence-corrected chi connectivity index (χ3v) is 5.53. The van der Waals surface area contributed by atoms with Gasteiger partial charge in [0.1, 0.15) is 12.4 Å². The van der Waals surface area contributed by atoms with Crippen LogP contribution in [0.4, 0.5) is 13.2 Å². The quantitative estimate of drug-likeness (QED) is 0.300. The Morgan fingerprint density at radius 2 is 1.64 bits per heavy atom. The summed E-state index contributed by atoms with van der Waals surface area (Å²) in [5.74, 6) is -0.634. The summed E-state index contributed by atoms with van der Waals surface area (Å²) in [5.41, 5.74) is 2.26. The Labute approximate surface area is 203 Å². The standard InChI is InChI=1S/C27H18F3N3O3/c28-27(29,30)20-11-9-18(10-12-20)22-14-24(33-25(31-22)15-23(32-33)26(34)35)19-7-4-8-21(13-19)36-16-17-5-2-1-3-6-17/h1-15H,16H2,(H,34,35). The monoisotopic (exact) mass is 489 g/mol. The molecule has 5 rings (SSSR count). The maximum absolute atomic E-state index is 13.0. The predicted octanol–water partition coefficient (Wildman–Crippen LogP) is 6.36. The van der Waals surface area contributed by atoms with Crippen LogP contribution in [0.3, 0.4) is 0 Å². The average Bonchev–Trinajstić information content (AvgIpc) is 3.32. The van der Waals surface area contributed by atoms with E-state index < -0.39 is 17.7 Å². The molecular weight excluding hydrogens is 471 g/mol. The Kier molecular flexibility index (Phi) is 5.89. The second-order valence-corrected chi connectivity index (χ2v) is 8.01. The van der Waals surface area contributed by atoms with Gasteiger partial charge in [-0.3, -0.25) is 0 Å². The Balaban J connectivity index is 1.57. The molecule has 9 heteroatoms. The SMILES string of the molecule is O=C(O)c1cc2nc(-c3ccc(C(F)(F)F)cc3)cc(-c3cccc(OCc4ccccc4)c3)n2n1. The first-order chi connectivity index (χ1) is 17.3. The number of carbonyl (C=O) groups is 1. The molecular formula is C27H18F3N3O3. The number of halogens is 3. The molecule has 2 aromatic heterocycles. The molecule has 0 atom stereocenters. The Hall–Kier alpha value is -4.66. The molecule has 0 spiro atoms. The van der Waals surface area contributed by atoms with Gasteiger partial charge in [-0.1, -0.05) is 54.6 Å². The first-order valence-corrected chi connectivity index (χ1v) is 10.9. The van der Waals surface area contributed by atoms with Crippen molar-refractivity contribution in [3.05, 3.63) is 108 Å². The minimum atomic E-state index is -4.46. The fourth-order valence-electron chi connectivity index (χ4n) is 3.75. The summed E-state index contributed by atoms with van der Waals surface area (Å²) >= 11 is 0. The van der Waals surface area contributed by atoms with Crippen LogP contribution in [0.25, 0.3) is 28.2 Å². The lowest BCUT2D eigenvalue weighted by atomic mass is 10.1. The van der Waals surface area contributed by atoms with E-state index in [1.54, 1.807) is 24.3 Å². The van der Waals surface area contributed by atoms with E-state index in [-0.39, 0.29) is 11.3 Å². The lowest BCUT2D eigenvalue weighted by Gasteiger charge is -2.12. The first kappa shape index (κ1) is 23.1. The van der Waals surface area contributed by atoms with E-state index in [0.29, 0.717) is 34.9 Å². The second-order valence-electron chi connectivity index (χ2n) is 8.01. The van der Waals surface area contributed by atoms with Gasteiger partial charge in [-0.15, -0.1) is 0 Å². The molecule has 3 aromatic carbocycles. The van der Waals surface area contributed by atoms with E-state index >= 15 is 0 Å². The van der Waals surface area contributed by atoms with Crippen molar-refractivity contribution in [1.82, 2.24) is 14.6 Å². The molecule has 180 valence electrons. The molecule has 0 saturated heterocycles. The van der Waals surface area contributed by atoms with Crippen LogP contribution < -0.4 is 4.74 Å².